The molecule has 6 nitrogen and oxygen atoms in total. The zero-order valence-electron chi connectivity index (χ0n) is 20.4. The molecule has 0 amide bonds. The number of phenolic OH excluding ortho intramolecular Hbond substituents is 1. The maximum absolute atomic E-state index is 13.1. The Hall–Kier alpha value is -4.42. The Morgan fingerprint density at radius 3 is 2.30 bits per heavy atom. The highest BCUT2D eigenvalue weighted by Crippen LogP contribution is 2.40. The summed E-state index contributed by atoms with van der Waals surface area (Å²) >= 11 is 0. The Labute approximate surface area is 216 Å². The third-order valence-electron chi connectivity index (χ3n) is 6.96. The van der Waals surface area contributed by atoms with Gasteiger partial charge in [0.15, 0.2) is 5.76 Å². The van der Waals surface area contributed by atoms with E-state index in [1.165, 1.54) is 0 Å². The molecule has 2 aliphatic rings. The van der Waals surface area contributed by atoms with Gasteiger partial charge in [-0.1, -0.05) is 60.7 Å². The molecule has 0 bridgehead atoms. The standard InChI is InChI=1S/C31H27N3O3/c35-27-14-13-25-30(36)28(20-22-9-11-24(12-10-22)23-6-2-1-3-7-23)37-31(25)26(27)21-33-16-18-34(19-17-33)29-8-4-5-15-32-29/h1-15,20,35H,16-19,21H2/b28-20+. The summed E-state index contributed by atoms with van der Waals surface area (Å²) < 4.78 is 6.09. The van der Waals surface area contributed by atoms with Gasteiger partial charge in [-0.25, -0.2) is 4.98 Å². The van der Waals surface area contributed by atoms with E-state index in [4.69, 9.17) is 4.74 Å². The number of allylic oxidation sites excluding steroid dienone is 1. The van der Waals surface area contributed by atoms with Gasteiger partial charge in [0.2, 0.25) is 5.78 Å². The summed E-state index contributed by atoms with van der Waals surface area (Å²) in [6.07, 6.45) is 3.58. The Balaban J connectivity index is 1.18. The van der Waals surface area contributed by atoms with E-state index in [0.29, 0.717) is 23.4 Å². The molecule has 0 radical (unpaired) electrons. The fourth-order valence-corrected chi connectivity index (χ4v) is 4.90. The number of piperazine rings is 1. The van der Waals surface area contributed by atoms with Crippen LogP contribution in [0.2, 0.25) is 0 Å². The number of phenols is 1. The highest BCUT2D eigenvalue weighted by molar-refractivity contribution is 6.15. The topological polar surface area (TPSA) is 65.9 Å². The second-order valence-electron chi connectivity index (χ2n) is 9.32. The Morgan fingerprint density at radius 2 is 1.57 bits per heavy atom. The molecule has 0 unspecified atom stereocenters. The number of ketones is 1. The van der Waals surface area contributed by atoms with Crippen molar-refractivity contribution in [3.05, 3.63) is 114 Å². The van der Waals surface area contributed by atoms with Crippen LogP contribution in [-0.2, 0) is 6.54 Å². The Bertz CT molecular complexity index is 1440. The number of aromatic hydroxyl groups is 1. The number of rotatable bonds is 5. The van der Waals surface area contributed by atoms with Gasteiger partial charge < -0.3 is 14.7 Å². The van der Waals surface area contributed by atoms with Crippen LogP contribution in [0.4, 0.5) is 5.82 Å². The molecule has 0 saturated carbocycles. The molecule has 4 aromatic rings. The molecule has 0 atom stereocenters. The number of anilines is 1. The summed E-state index contributed by atoms with van der Waals surface area (Å²) in [6.45, 7) is 3.85. The fourth-order valence-electron chi connectivity index (χ4n) is 4.90. The van der Waals surface area contributed by atoms with E-state index in [2.05, 4.69) is 26.9 Å². The average Bonchev–Trinajstić information content (AvgIpc) is 3.27. The van der Waals surface area contributed by atoms with Crippen molar-refractivity contribution in [3.63, 3.8) is 0 Å². The molecular weight excluding hydrogens is 462 g/mol. The van der Waals surface area contributed by atoms with Crippen LogP contribution in [0.1, 0.15) is 21.5 Å². The van der Waals surface area contributed by atoms with Gasteiger partial charge in [-0.2, -0.15) is 0 Å². The molecule has 1 N–H and O–H groups in total. The van der Waals surface area contributed by atoms with E-state index < -0.39 is 0 Å². The first-order valence-electron chi connectivity index (χ1n) is 12.5. The van der Waals surface area contributed by atoms with Gasteiger partial charge >= 0.3 is 0 Å². The summed E-state index contributed by atoms with van der Waals surface area (Å²) in [7, 11) is 0. The number of nitrogens with zero attached hydrogens (tertiary/aromatic N) is 3. The Kier molecular flexibility index (Phi) is 6.16. The normalized spacial score (nSPS) is 16.6. The second-order valence-corrected chi connectivity index (χ2v) is 9.32. The van der Waals surface area contributed by atoms with Crippen molar-refractivity contribution in [1.29, 1.82) is 0 Å². The third kappa shape index (κ3) is 4.71. The Morgan fingerprint density at radius 1 is 0.838 bits per heavy atom. The quantitative estimate of drug-likeness (QED) is 0.379. The maximum atomic E-state index is 13.1. The van der Waals surface area contributed by atoms with Crippen LogP contribution in [-0.4, -0.2) is 47.0 Å². The number of carbonyl (C=O) groups excluding carboxylic acids is 1. The predicted octanol–water partition coefficient (Wildman–Crippen LogP) is 5.39. The van der Waals surface area contributed by atoms with Crippen LogP contribution in [0.15, 0.2) is 96.9 Å². The molecule has 37 heavy (non-hydrogen) atoms. The molecule has 0 spiro atoms. The molecule has 2 aliphatic heterocycles. The number of aromatic nitrogens is 1. The number of fused-ring (bicyclic) bond motifs is 1. The lowest BCUT2D eigenvalue weighted by Gasteiger charge is -2.35. The fraction of sp³-hybridized carbons (Fsp3) is 0.161. The number of hydrogen-bond acceptors (Lipinski definition) is 6. The van der Waals surface area contributed by atoms with Gasteiger partial charge in [0.25, 0.3) is 0 Å². The van der Waals surface area contributed by atoms with Gasteiger partial charge in [0, 0.05) is 38.9 Å². The minimum atomic E-state index is -0.164. The molecule has 6 rings (SSSR count). The zero-order chi connectivity index (χ0) is 25.2. The van der Waals surface area contributed by atoms with E-state index in [1.54, 1.807) is 18.2 Å². The smallest absolute Gasteiger partial charge is 0.231 e. The number of pyridine rings is 1. The van der Waals surface area contributed by atoms with E-state index in [9.17, 15) is 9.90 Å². The van der Waals surface area contributed by atoms with Gasteiger partial charge in [-0.3, -0.25) is 9.69 Å². The van der Waals surface area contributed by atoms with Crippen molar-refractivity contribution in [1.82, 2.24) is 9.88 Å². The molecule has 3 heterocycles. The van der Waals surface area contributed by atoms with Crippen molar-refractivity contribution < 1.29 is 14.6 Å². The molecule has 3 aromatic carbocycles. The van der Waals surface area contributed by atoms with E-state index in [-0.39, 0.29) is 17.3 Å². The lowest BCUT2D eigenvalue weighted by molar-refractivity contribution is 0.101. The van der Waals surface area contributed by atoms with Gasteiger partial charge in [0.1, 0.15) is 17.3 Å². The third-order valence-corrected chi connectivity index (χ3v) is 6.96. The summed E-state index contributed by atoms with van der Waals surface area (Å²) in [6, 6.07) is 27.4. The monoisotopic (exact) mass is 489 g/mol. The number of benzene rings is 3. The van der Waals surface area contributed by atoms with Crippen LogP contribution in [0.3, 0.4) is 0 Å². The summed E-state index contributed by atoms with van der Waals surface area (Å²) in [5, 5.41) is 10.7. The minimum absolute atomic E-state index is 0.146. The van der Waals surface area contributed by atoms with Crippen LogP contribution in [0, 0.1) is 0 Å². The number of hydrogen-bond donors (Lipinski definition) is 1. The lowest BCUT2D eigenvalue weighted by Crippen LogP contribution is -2.46. The summed E-state index contributed by atoms with van der Waals surface area (Å²) in [5.74, 6) is 1.69. The first-order chi connectivity index (χ1) is 18.2. The van der Waals surface area contributed by atoms with Crippen molar-refractivity contribution in [3.8, 4) is 22.6 Å². The predicted molar refractivity (Wildman–Crippen MR) is 145 cm³/mol. The van der Waals surface area contributed by atoms with Crippen LogP contribution >= 0.6 is 0 Å². The van der Waals surface area contributed by atoms with E-state index in [0.717, 1.165) is 48.7 Å². The average molecular weight is 490 g/mol. The van der Waals surface area contributed by atoms with Crippen LogP contribution < -0.4 is 9.64 Å². The largest absolute Gasteiger partial charge is 0.507 e. The van der Waals surface area contributed by atoms with Crippen molar-refractivity contribution in [2.75, 3.05) is 31.1 Å². The second kappa shape index (κ2) is 9.91. The summed E-state index contributed by atoms with van der Waals surface area (Å²) in [5.41, 5.74) is 4.28. The lowest BCUT2D eigenvalue weighted by atomic mass is 10.0. The van der Waals surface area contributed by atoms with E-state index in [1.807, 2.05) is 66.9 Å². The van der Waals surface area contributed by atoms with Crippen LogP contribution in [0.25, 0.3) is 17.2 Å². The number of carbonyl (C=O) groups is 1. The molecule has 1 saturated heterocycles. The van der Waals surface area contributed by atoms with Crippen molar-refractivity contribution in [2.24, 2.45) is 0 Å². The highest BCUT2D eigenvalue weighted by atomic mass is 16.5. The van der Waals surface area contributed by atoms with Crippen LogP contribution in [0.5, 0.6) is 11.5 Å². The molecule has 0 aliphatic carbocycles. The minimum Gasteiger partial charge on any atom is -0.507 e. The first-order valence-corrected chi connectivity index (χ1v) is 12.5. The van der Waals surface area contributed by atoms with Crippen molar-refractivity contribution in [2.45, 2.75) is 6.54 Å². The molecular formula is C31H27N3O3. The number of ether oxygens (including phenoxy) is 1. The first kappa shape index (κ1) is 23.0. The van der Waals surface area contributed by atoms with Gasteiger partial charge in [0.05, 0.1) is 11.1 Å². The summed E-state index contributed by atoms with van der Waals surface area (Å²) in [4.78, 5) is 22.1. The zero-order valence-corrected chi connectivity index (χ0v) is 20.4. The highest BCUT2D eigenvalue weighted by Gasteiger charge is 2.32. The maximum Gasteiger partial charge on any atom is 0.231 e. The number of Topliss-reactive ketones (excluding diaryl/α,β-unsaturated/α-hetero) is 1. The molecule has 1 fully saturated rings. The SMILES string of the molecule is O=C1/C(=C\c2ccc(-c3ccccc3)cc2)Oc2c1ccc(O)c2CN1CCN(c2ccccn2)CC1. The molecule has 1 aromatic heterocycles. The van der Waals surface area contributed by atoms with Gasteiger partial charge in [-0.15, -0.1) is 0 Å². The van der Waals surface area contributed by atoms with Gasteiger partial charge in [-0.05, 0) is 47.0 Å². The molecule has 6 heteroatoms. The van der Waals surface area contributed by atoms with Crippen molar-refractivity contribution >= 4 is 17.7 Å². The molecule has 184 valence electrons. The van der Waals surface area contributed by atoms with E-state index >= 15 is 0 Å².